The van der Waals surface area contributed by atoms with E-state index in [9.17, 15) is 14.4 Å². The second-order valence-electron chi connectivity index (χ2n) is 14.1. The number of carbonyl (C=O) groups excluding carboxylic acids is 3. The third-order valence-corrected chi connectivity index (χ3v) is 8.50. The number of carbonyl (C=O) groups is 3. The molecule has 0 aliphatic carbocycles. The van der Waals surface area contributed by atoms with E-state index < -0.39 is 5.60 Å². The van der Waals surface area contributed by atoms with Gasteiger partial charge >= 0.3 is 12.1 Å². The van der Waals surface area contributed by atoms with Gasteiger partial charge in [0.05, 0.1) is 13.2 Å². The van der Waals surface area contributed by atoms with Crippen molar-refractivity contribution in [2.24, 2.45) is 0 Å². The highest BCUT2D eigenvalue weighted by atomic mass is 16.6. The maximum absolute atomic E-state index is 13.3. The molecule has 1 heterocycles. The van der Waals surface area contributed by atoms with Crippen LogP contribution in [0.3, 0.4) is 0 Å². The zero-order chi connectivity index (χ0) is 33.9. The smallest absolute Gasteiger partial charge is 0.410 e. The fourth-order valence-electron chi connectivity index (χ4n) is 5.66. The summed E-state index contributed by atoms with van der Waals surface area (Å²) in [5, 5.41) is 0. The van der Waals surface area contributed by atoms with Crippen LogP contribution in [0.25, 0.3) is 0 Å². The second kappa shape index (κ2) is 26.9. The monoisotopic (exact) mass is 650 g/mol. The number of hydrogen-bond donors (Lipinski definition) is 0. The summed E-state index contributed by atoms with van der Waals surface area (Å²) in [7, 11) is 0. The summed E-state index contributed by atoms with van der Waals surface area (Å²) < 4.78 is 11.0. The molecule has 1 aliphatic rings. The summed E-state index contributed by atoms with van der Waals surface area (Å²) in [4.78, 5) is 43.7. The van der Waals surface area contributed by atoms with E-state index in [0.717, 1.165) is 38.8 Å². The Hall–Kier alpha value is -2.09. The van der Waals surface area contributed by atoms with Crippen molar-refractivity contribution in [3.63, 3.8) is 0 Å². The van der Waals surface area contributed by atoms with E-state index in [1.54, 1.807) is 4.90 Å². The molecular weight excluding hydrogens is 578 g/mol. The van der Waals surface area contributed by atoms with Gasteiger partial charge in [-0.3, -0.25) is 14.5 Å². The zero-order valence-corrected chi connectivity index (χ0v) is 30.6. The van der Waals surface area contributed by atoms with Gasteiger partial charge in [0.15, 0.2) is 0 Å². The van der Waals surface area contributed by atoms with Gasteiger partial charge in [-0.2, -0.15) is 0 Å². The number of esters is 1. The van der Waals surface area contributed by atoms with Crippen LogP contribution >= 0.6 is 0 Å². The van der Waals surface area contributed by atoms with Gasteiger partial charge in [-0.25, -0.2) is 4.79 Å². The molecule has 268 valence electrons. The van der Waals surface area contributed by atoms with Crippen LogP contribution in [-0.4, -0.2) is 90.7 Å². The van der Waals surface area contributed by atoms with Crippen LogP contribution in [0, 0.1) is 0 Å². The zero-order valence-electron chi connectivity index (χ0n) is 30.6. The topological polar surface area (TPSA) is 79.4 Å². The molecule has 1 fully saturated rings. The molecule has 2 amide bonds. The molecule has 1 rings (SSSR count). The Morgan fingerprint density at radius 3 is 1.80 bits per heavy atom. The van der Waals surface area contributed by atoms with Crippen LogP contribution in [-0.2, 0) is 19.1 Å². The van der Waals surface area contributed by atoms with Gasteiger partial charge in [-0.05, 0) is 65.8 Å². The summed E-state index contributed by atoms with van der Waals surface area (Å²) in [5.74, 6) is 0.00209. The Labute approximate surface area is 283 Å². The molecule has 0 aromatic carbocycles. The van der Waals surface area contributed by atoms with Crippen LogP contribution < -0.4 is 0 Å². The quantitative estimate of drug-likeness (QED) is 0.0529. The molecule has 1 saturated heterocycles. The number of nitrogens with zero attached hydrogens (tertiary/aromatic N) is 3. The predicted octanol–water partition coefficient (Wildman–Crippen LogP) is 8.92. The maximum Gasteiger partial charge on any atom is 0.410 e. The molecule has 1 aliphatic heterocycles. The minimum atomic E-state index is -0.530. The van der Waals surface area contributed by atoms with Gasteiger partial charge in [0, 0.05) is 39.1 Å². The maximum atomic E-state index is 13.3. The Morgan fingerprint density at radius 2 is 1.17 bits per heavy atom. The lowest BCUT2D eigenvalue weighted by atomic mass is 10.1. The van der Waals surface area contributed by atoms with E-state index in [-0.39, 0.29) is 18.0 Å². The number of ether oxygens (including phenoxy) is 2. The third kappa shape index (κ3) is 23.3. The van der Waals surface area contributed by atoms with Gasteiger partial charge in [0.25, 0.3) is 0 Å². The van der Waals surface area contributed by atoms with Crippen molar-refractivity contribution in [2.45, 2.75) is 162 Å². The number of unbranched alkanes of at least 4 members (excludes halogenated alkanes) is 14. The Bertz CT molecular complexity index is 818. The summed E-state index contributed by atoms with van der Waals surface area (Å²) in [6.45, 7) is 14.5. The molecule has 0 unspecified atom stereocenters. The Balaban J connectivity index is 2.41. The highest BCUT2D eigenvalue weighted by molar-refractivity contribution is 5.78. The van der Waals surface area contributed by atoms with Crippen molar-refractivity contribution in [3.8, 4) is 0 Å². The van der Waals surface area contributed by atoms with E-state index in [1.165, 1.54) is 89.9 Å². The molecule has 0 N–H and O–H groups in total. The third-order valence-electron chi connectivity index (χ3n) is 8.50. The molecule has 0 bridgehead atoms. The molecule has 0 saturated carbocycles. The highest BCUT2D eigenvalue weighted by Gasteiger charge is 2.28. The van der Waals surface area contributed by atoms with Crippen molar-refractivity contribution in [1.82, 2.24) is 14.7 Å². The van der Waals surface area contributed by atoms with Crippen molar-refractivity contribution in [1.29, 1.82) is 0 Å². The average molecular weight is 650 g/mol. The van der Waals surface area contributed by atoms with Gasteiger partial charge in [0.1, 0.15) is 5.60 Å². The summed E-state index contributed by atoms with van der Waals surface area (Å²) >= 11 is 0. The average Bonchev–Trinajstić information content (AvgIpc) is 3.02. The van der Waals surface area contributed by atoms with Crippen molar-refractivity contribution >= 4 is 18.0 Å². The predicted molar refractivity (Wildman–Crippen MR) is 190 cm³/mol. The van der Waals surface area contributed by atoms with Gasteiger partial charge < -0.3 is 19.3 Å². The second-order valence-corrected chi connectivity index (χ2v) is 14.1. The van der Waals surface area contributed by atoms with Crippen molar-refractivity contribution in [3.05, 3.63) is 12.2 Å². The number of rotatable bonds is 26. The molecule has 8 nitrogen and oxygen atoms in total. The number of piperazine rings is 1. The van der Waals surface area contributed by atoms with Crippen molar-refractivity contribution in [2.75, 3.05) is 52.4 Å². The minimum absolute atomic E-state index is 0.101. The van der Waals surface area contributed by atoms with Crippen LogP contribution in [0.5, 0.6) is 0 Å². The van der Waals surface area contributed by atoms with E-state index in [1.807, 2.05) is 25.7 Å². The molecular formula is C38H71N3O5. The van der Waals surface area contributed by atoms with Crippen LogP contribution in [0.15, 0.2) is 12.2 Å². The largest absolute Gasteiger partial charge is 0.466 e. The van der Waals surface area contributed by atoms with Crippen molar-refractivity contribution < 1.29 is 23.9 Å². The lowest BCUT2D eigenvalue weighted by Gasteiger charge is -2.36. The minimum Gasteiger partial charge on any atom is -0.466 e. The first-order chi connectivity index (χ1) is 22.2. The molecule has 0 spiro atoms. The van der Waals surface area contributed by atoms with E-state index in [0.29, 0.717) is 45.8 Å². The summed E-state index contributed by atoms with van der Waals surface area (Å²) in [6, 6.07) is 0. The lowest BCUT2D eigenvalue weighted by molar-refractivity contribution is -0.144. The molecule has 0 aromatic rings. The lowest BCUT2D eigenvalue weighted by Crippen LogP contribution is -2.53. The van der Waals surface area contributed by atoms with Crippen LogP contribution in [0.4, 0.5) is 4.79 Å². The molecule has 8 heteroatoms. The number of hydrogen-bond acceptors (Lipinski definition) is 6. The highest BCUT2D eigenvalue weighted by Crippen LogP contribution is 2.14. The first-order valence-electron chi connectivity index (χ1n) is 18.9. The van der Waals surface area contributed by atoms with Gasteiger partial charge in [-0.15, -0.1) is 0 Å². The van der Waals surface area contributed by atoms with Crippen LogP contribution in [0.2, 0.25) is 0 Å². The molecule has 0 radical (unpaired) electrons. The van der Waals surface area contributed by atoms with E-state index >= 15 is 0 Å². The fourth-order valence-corrected chi connectivity index (χ4v) is 5.66. The molecule has 0 atom stereocenters. The van der Waals surface area contributed by atoms with Gasteiger partial charge in [-0.1, -0.05) is 103 Å². The number of amides is 2. The SMILES string of the molecule is CCCC/C=C\CCCCCCCCN(CCCOC(=O)CCCCCCCCC)CC(=O)N1CCN(C(=O)OC(C)(C)C)CC1. The first kappa shape index (κ1) is 41.9. The van der Waals surface area contributed by atoms with E-state index in [2.05, 4.69) is 30.9 Å². The Kier molecular flexibility index (Phi) is 24.5. The fraction of sp³-hybridized carbons (Fsp3) is 0.868. The molecule has 0 aromatic heterocycles. The summed E-state index contributed by atoms with van der Waals surface area (Å²) in [6.07, 6.45) is 26.1. The standard InChI is InChI=1S/C38H71N3O5/c1-6-8-10-12-14-15-16-17-18-20-22-24-27-39(28-25-33-45-36(43)26-23-21-19-13-11-9-7-2)34-35(42)40-29-31-41(32-30-40)37(44)46-38(3,4)5/h12,14H,6-11,13,15-34H2,1-5H3/b14-12-. The summed E-state index contributed by atoms with van der Waals surface area (Å²) in [5.41, 5.74) is -0.530. The Morgan fingerprint density at radius 1 is 0.652 bits per heavy atom. The molecule has 46 heavy (non-hydrogen) atoms. The van der Waals surface area contributed by atoms with Gasteiger partial charge in [0.2, 0.25) is 5.91 Å². The number of allylic oxidation sites excluding steroid dienone is 2. The van der Waals surface area contributed by atoms with E-state index in [4.69, 9.17) is 9.47 Å². The normalized spacial score (nSPS) is 14.0. The first-order valence-corrected chi connectivity index (χ1v) is 18.9. The van der Waals surface area contributed by atoms with Crippen LogP contribution in [0.1, 0.15) is 157 Å².